The fourth-order valence-electron chi connectivity index (χ4n) is 1.72. The molecule has 2 rings (SSSR count). The molecular weight excluding hydrogens is 232 g/mol. The molecule has 2 N–H and O–H groups in total. The second kappa shape index (κ2) is 4.33. The van der Waals surface area contributed by atoms with E-state index in [2.05, 4.69) is 10.6 Å². The Bertz CT molecular complexity index is 499. The number of carbonyl (C=O) groups excluding carboxylic acids is 2. The first-order chi connectivity index (χ1) is 8.43. The van der Waals surface area contributed by atoms with Gasteiger partial charge in [0.25, 0.3) is 17.4 Å². The summed E-state index contributed by atoms with van der Waals surface area (Å²) in [6.45, 7) is 5.13. The van der Waals surface area contributed by atoms with Gasteiger partial charge in [-0.05, 0) is 32.9 Å². The van der Waals surface area contributed by atoms with Gasteiger partial charge in [-0.2, -0.15) is 0 Å². The molecule has 1 heterocycles. The van der Waals surface area contributed by atoms with Crippen molar-refractivity contribution in [2.45, 2.75) is 32.4 Å². The number of ether oxygens (including phenoxy) is 1. The molecule has 96 valence electrons. The molecule has 0 saturated carbocycles. The van der Waals surface area contributed by atoms with Gasteiger partial charge in [0.15, 0.2) is 0 Å². The van der Waals surface area contributed by atoms with E-state index < -0.39 is 17.4 Å². The third kappa shape index (κ3) is 2.03. The first-order valence-electron chi connectivity index (χ1n) is 5.84. The number of rotatable bonds is 2. The lowest BCUT2D eigenvalue weighted by Gasteiger charge is -2.33. The van der Waals surface area contributed by atoms with E-state index in [-0.39, 0.29) is 6.04 Å². The number of benzene rings is 1. The average Bonchev–Trinajstić information content (AvgIpc) is 2.29. The van der Waals surface area contributed by atoms with Crippen LogP contribution in [0.1, 0.15) is 20.8 Å². The fraction of sp³-hybridized carbons (Fsp3) is 0.385. The molecule has 2 amide bonds. The molecule has 1 aromatic rings. The highest BCUT2D eigenvalue weighted by atomic mass is 16.5. The largest absolute Gasteiger partial charge is 0.466 e. The Morgan fingerprint density at radius 1 is 1.39 bits per heavy atom. The quantitative estimate of drug-likeness (QED) is 0.775. The van der Waals surface area contributed by atoms with Crippen molar-refractivity contribution in [2.24, 2.45) is 0 Å². The summed E-state index contributed by atoms with van der Waals surface area (Å²) in [6, 6.07) is 6.97. The Morgan fingerprint density at radius 3 is 2.72 bits per heavy atom. The molecule has 1 aliphatic rings. The zero-order valence-corrected chi connectivity index (χ0v) is 10.6. The van der Waals surface area contributed by atoms with Crippen molar-refractivity contribution in [1.82, 2.24) is 5.32 Å². The number of fused-ring (bicyclic) bond motifs is 1. The maximum absolute atomic E-state index is 12.1. The summed E-state index contributed by atoms with van der Waals surface area (Å²) in [4.78, 5) is 24.1. The monoisotopic (exact) mass is 248 g/mol. The Balaban J connectivity index is 2.30. The molecule has 0 aromatic heterocycles. The lowest BCUT2D eigenvalue weighted by Crippen LogP contribution is -2.59. The van der Waals surface area contributed by atoms with E-state index in [9.17, 15) is 9.59 Å². The minimum Gasteiger partial charge on any atom is -0.466 e. The first kappa shape index (κ1) is 12.4. The molecule has 18 heavy (non-hydrogen) atoms. The minimum absolute atomic E-state index is 0.0529. The van der Waals surface area contributed by atoms with Gasteiger partial charge in [-0.1, -0.05) is 12.1 Å². The molecule has 0 radical (unpaired) electrons. The van der Waals surface area contributed by atoms with E-state index >= 15 is 0 Å². The van der Waals surface area contributed by atoms with Gasteiger partial charge in [-0.15, -0.1) is 0 Å². The zero-order chi connectivity index (χ0) is 13.3. The van der Waals surface area contributed by atoms with E-state index in [0.29, 0.717) is 11.4 Å². The van der Waals surface area contributed by atoms with Crippen molar-refractivity contribution >= 4 is 17.5 Å². The normalized spacial score (nSPS) is 21.9. The average molecular weight is 248 g/mol. The number of anilines is 1. The van der Waals surface area contributed by atoms with Gasteiger partial charge in [0.1, 0.15) is 5.75 Å². The number of hydrogen-bond acceptors (Lipinski definition) is 3. The molecule has 1 aromatic carbocycles. The lowest BCUT2D eigenvalue weighted by atomic mass is 10.0. The van der Waals surface area contributed by atoms with Crippen LogP contribution in [-0.4, -0.2) is 23.5 Å². The van der Waals surface area contributed by atoms with Crippen LogP contribution in [0.5, 0.6) is 5.75 Å². The third-order valence-electron chi connectivity index (χ3n) is 2.74. The van der Waals surface area contributed by atoms with Crippen LogP contribution in [-0.2, 0) is 9.59 Å². The van der Waals surface area contributed by atoms with Gasteiger partial charge in [-0.3, -0.25) is 9.59 Å². The van der Waals surface area contributed by atoms with Crippen LogP contribution in [0.25, 0.3) is 0 Å². The molecule has 5 nitrogen and oxygen atoms in total. The highest BCUT2D eigenvalue weighted by Gasteiger charge is 2.47. The zero-order valence-electron chi connectivity index (χ0n) is 10.6. The Kier molecular flexibility index (Phi) is 2.98. The summed E-state index contributed by atoms with van der Waals surface area (Å²) >= 11 is 0. The van der Waals surface area contributed by atoms with Gasteiger partial charge < -0.3 is 15.4 Å². The molecule has 1 aliphatic heterocycles. The summed E-state index contributed by atoms with van der Waals surface area (Å²) < 4.78 is 5.57. The highest BCUT2D eigenvalue weighted by molar-refractivity contribution is 6.15. The van der Waals surface area contributed by atoms with Crippen molar-refractivity contribution < 1.29 is 14.3 Å². The molecule has 0 aliphatic carbocycles. The van der Waals surface area contributed by atoms with Crippen LogP contribution in [0.2, 0.25) is 0 Å². The third-order valence-corrected chi connectivity index (χ3v) is 2.74. The van der Waals surface area contributed by atoms with Crippen LogP contribution in [0.4, 0.5) is 5.69 Å². The van der Waals surface area contributed by atoms with E-state index in [1.54, 1.807) is 24.3 Å². The maximum atomic E-state index is 12.1. The van der Waals surface area contributed by atoms with Crippen molar-refractivity contribution in [3.63, 3.8) is 0 Å². The molecule has 1 unspecified atom stereocenters. The smallest absolute Gasteiger partial charge is 0.278 e. The van der Waals surface area contributed by atoms with Crippen LogP contribution in [0.3, 0.4) is 0 Å². The maximum Gasteiger partial charge on any atom is 0.278 e. The van der Waals surface area contributed by atoms with Gasteiger partial charge in [0, 0.05) is 6.04 Å². The number of carbonyl (C=O) groups is 2. The molecule has 0 saturated heterocycles. The van der Waals surface area contributed by atoms with Crippen molar-refractivity contribution in [2.75, 3.05) is 5.32 Å². The molecule has 0 fully saturated rings. The van der Waals surface area contributed by atoms with Gasteiger partial charge in [0.2, 0.25) is 0 Å². The van der Waals surface area contributed by atoms with E-state index in [0.717, 1.165) is 0 Å². The van der Waals surface area contributed by atoms with Crippen LogP contribution in [0, 0.1) is 0 Å². The van der Waals surface area contributed by atoms with E-state index in [4.69, 9.17) is 4.74 Å². The van der Waals surface area contributed by atoms with E-state index in [1.165, 1.54) is 6.92 Å². The number of amides is 2. The second-order valence-corrected chi connectivity index (χ2v) is 4.71. The summed E-state index contributed by atoms with van der Waals surface area (Å²) in [6.07, 6.45) is 0. The topological polar surface area (TPSA) is 67.4 Å². The Morgan fingerprint density at radius 2 is 2.06 bits per heavy atom. The first-order valence-corrected chi connectivity index (χ1v) is 5.84. The van der Waals surface area contributed by atoms with Crippen molar-refractivity contribution in [3.8, 4) is 5.75 Å². The number of nitrogens with one attached hydrogen (secondary N) is 2. The molecule has 5 heteroatoms. The van der Waals surface area contributed by atoms with Gasteiger partial charge >= 0.3 is 0 Å². The highest BCUT2D eigenvalue weighted by Crippen LogP contribution is 2.33. The summed E-state index contributed by atoms with van der Waals surface area (Å²) in [5.74, 6) is -0.401. The molecular formula is C13H16N2O3. The summed E-state index contributed by atoms with van der Waals surface area (Å²) in [5.41, 5.74) is -0.948. The van der Waals surface area contributed by atoms with Crippen molar-refractivity contribution in [1.29, 1.82) is 0 Å². The lowest BCUT2D eigenvalue weighted by molar-refractivity contribution is -0.147. The summed E-state index contributed by atoms with van der Waals surface area (Å²) in [7, 11) is 0. The minimum atomic E-state index is -1.53. The van der Waals surface area contributed by atoms with Crippen LogP contribution in [0.15, 0.2) is 24.3 Å². The predicted octanol–water partition coefficient (Wildman–Crippen LogP) is 1.30. The fourth-order valence-corrected chi connectivity index (χ4v) is 1.72. The Hall–Kier alpha value is -2.04. The number of para-hydroxylation sites is 2. The van der Waals surface area contributed by atoms with Crippen LogP contribution >= 0.6 is 0 Å². The molecule has 0 spiro atoms. The van der Waals surface area contributed by atoms with Gasteiger partial charge in [-0.25, -0.2) is 0 Å². The SMILES string of the molecule is CC(C)NC(=O)C1(C)Oc2ccccc2NC1=O. The molecule has 0 bridgehead atoms. The molecule has 1 atom stereocenters. The van der Waals surface area contributed by atoms with Crippen LogP contribution < -0.4 is 15.4 Å². The standard InChI is InChI=1S/C13H16N2O3/c1-8(2)14-11(16)13(3)12(17)15-9-6-4-5-7-10(9)18-13/h4-8H,1-3H3,(H,14,16)(H,15,17). The number of hydrogen-bond donors (Lipinski definition) is 2. The Labute approximate surface area is 106 Å². The van der Waals surface area contributed by atoms with Gasteiger partial charge in [0.05, 0.1) is 5.69 Å². The summed E-state index contributed by atoms with van der Waals surface area (Å²) in [5, 5.41) is 5.37. The predicted molar refractivity (Wildman–Crippen MR) is 67.4 cm³/mol. The second-order valence-electron chi connectivity index (χ2n) is 4.71. The van der Waals surface area contributed by atoms with Crippen molar-refractivity contribution in [3.05, 3.63) is 24.3 Å². The van der Waals surface area contributed by atoms with E-state index in [1.807, 2.05) is 13.8 Å².